The predicted molar refractivity (Wildman–Crippen MR) is 60.7 cm³/mol. The second-order valence-electron chi connectivity index (χ2n) is 5.45. The first-order valence-electron chi connectivity index (χ1n) is 6.05. The zero-order valence-corrected chi connectivity index (χ0v) is 10.3. The molecule has 96 valence electrons. The van der Waals surface area contributed by atoms with Crippen molar-refractivity contribution in [1.29, 1.82) is 0 Å². The van der Waals surface area contributed by atoms with E-state index >= 15 is 0 Å². The van der Waals surface area contributed by atoms with Gasteiger partial charge in [-0.1, -0.05) is 19.8 Å². The molecule has 2 atom stereocenters. The van der Waals surface area contributed by atoms with E-state index < -0.39 is 6.43 Å². The van der Waals surface area contributed by atoms with Crippen LogP contribution in [-0.2, 0) is 0 Å². The zero-order chi connectivity index (χ0) is 12.2. The molecule has 16 heavy (non-hydrogen) atoms. The molecule has 1 rings (SSSR count). The Balaban J connectivity index is 2.52. The van der Waals surface area contributed by atoms with E-state index in [0.29, 0.717) is 12.5 Å². The van der Waals surface area contributed by atoms with Gasteiger partial charge in [0, 0.05) is 18.6 Å². The van der Waals surface area contributed by atoms with Crippen LogP contribution in [0.25, 0.3) is 0 Å². The molecule has 0 aliphatic heterocycles. The lowest BCUT2D eigenvalue weighted by Crippen LogP contribution is -2.43. The van der Waals surface area contributed by atoms with E-state index in [2.05, 4.69) is 6.92 Å². The third-order valence-corrected chi connectivity index (χ3v) is 3.58. The van der Waals surface area contributed by atoms with Crippen LogP contribution >= 0.6 is 0 Å². The van der Waals surface area contributed by atoms with Crippen LogP contribution < -0.4 is 0 Å². The fourth-order valence-corrected chi connectivity index (χ4v) is 2.98. The number of alkyl halides is 2. The molecule has 2 unspecified atom stereocenters. The molecule has 0 aromatic rings. The number of halogens is 2. The Labute approximate surface area is 96.6 Å². The van der Waals surface area contributed by atoms with Gasteiger partial charge >= 0.3 is 0 Å². The SMILES string of the molecule is CC1CCCC(CO)(CN(C)CC(F)F)C1. The molecule has 0 bridgehead atoms. The molecule has 1 aliphatic rings. The fourth-order valence-electron chi connectivity index (χ4n) is 2.98. The highest BCUT2D eigenvalue weighted by molar-refractivity contribution is 4.87. The molecule has 0 saturated heterocycles. The molecule has 0 aromatic carbocycles. The molecule has 0 radical (unpaired) electrons. The van der Waals surface area contributed by atoms with Gasteiger partial charge in [-0.3, -0.25) is 0 Å². The molecule has 0 spiro atoms. The quantitative estimate of drug-likeness (QED) is 0.791. The average Bonchev–Trinajstić information content (AvgIpc) is 2.16. The average molecular weight is 235 g/mol. The highest BCUT2D eigenvalue weighted by atomic mass is 19.3. The molecule has 0 aromatic heterocycles. The van der Waals surface area contributed by atoms with Crippen molar-refractivity contribution >= 4 is 0 Å². The maximum atomic E-state index is 12.2. The van der Waals surface area contributed by atoms with Crippen LogP contribution in [0, 0.1) is 11.3 Å². The van der Waals surface area contributed by atoms with E-state index in [4.69, 9.17) is 0 Å². The van der Waals surface area contributed by atoms with Crippen molar-refractivity contribution in [3.8, 4) is 0 Å². The van der Waals surface area contributed by atoms with Gasteiger partial charge in [-0.25, -0.2) is 8.78 Å². The molecule has 1 fully saturated rings. The van der Waals surface area contributed by atoms with Gasteiger partial charge in [0.05, 0.1) is 6.54 Å². The molecular formula is C12H23F2NO. The van der Waals surface area contributed by atoms with Crippen molar-refractivity contribution < 1.29 is 13.9 Å². The van der Waals surface area contributed by atoms with Crippen molar-refractivity contribution in [3.63, 3.8) is 0 Å². The predicted octanol–water partition coefficient (Wildman–Crippen LogP) is 2.37. The van der Waals surface area contributed by atoms with E-state index in [1.807, 2.05) is 0 Å². The van der Waals surface area contributed by atoms with Crippen molar-refractivity contribution in [2.75, 3.05) is 26.7 Å². The normalized spacial score (nSPS) is 31.3. The number of rotatable bonds is 5. The first kappa shape index (κ1) is 13.8. The Bertz CT molecular complexity index is 213. The summed E-state index contributed by atoms with van der Waals surface area (Å²) in [7, 11) is 1.71. The monoisotopic (exact) mass is 235 g/mol. The third-order valence-electron chi connectivity index (χ3n) is 3.58. The molecule has 1 N–H and O–H groups in total. The van der Waals surface area contributed by atoms with Gasteiger partial charge in [0.25, 0.3) is 6.43 Å². The van der Waals surface area contributed by atoms with E-state index in [-0.39, 0.29) is 18.6 Å². The Hall–Kier alpha value is -0.220. The molecule has 0 heterocycles. The summed E-state index contributed by atoms with van der Waals surface area (Å²) in [5, 5.41) is 9.53. The third kappa shape index (κ3) is 3.98. The van der Waals surface area contributed by atoms with Crippen molar-refractivity contribution in [2.24, 2.45) is 11.3 Å². The van der Waals surface area contributed by atoms with Crippen LogP contribution in [0.1, 0.15) is 32.6 Å². The van der Waals surface area contributed by atoms with Crippen LogP contribution in [0.15, 0.2) is 0 Å². The molecule has 2 nitrogen and oxygen atoms in total. The van der Waals surface area contributed by atoms with Gasteiger partial charge in [-0.15, -0.1) is 0 Å². The maximum Gasteiger partial charge on any atom is 0.251 e. The second-order valence-corrected chi connectivity index (χ2v) is 5.45. The standard InChI is InChI=1S/C12H23F2NO/c1-10-4-3-5-12(6-10,9-16)8-15(2)7-11(13)14/h10-11,16H,3-9H2,1-2H3. The number of aliphatic hydroxyl groups is 1. The molecule has 4 heteroatoms. The smallest absolute Gasteiger partial charge is 0.251 e. The van der Waals surface area contributed by atoms with Crippen LogP contribution in [0.5, 0.6) is 0 Å². The molecule has 0 amide bonds. The Morgan fingerprint density at radius 3 is 2.69 bits per heavy atom. The number of hydrogen-bond donors (Lipinski definition) is 1. The summed E-state index contributed by atoms with van der Waals surface area (Å²) < 4.78 is 24.5. The van der Waals surface area contributed by atoms with Crippen molar-refractivity contribution in [1.82, 2.24) is 4.90 Å². The van der Waals surface area contributed by atoms with E-state index in [0.717, 1.165) is 19.3 Å². The summed E-state index contributed by atoms with van der Waals surface area (Å²) in [6.45, 7) is 2.68. The lowest BCUT2D eigenvalue weighted by atomic mass is 9.70. The van der Waals surface area contributed by atoms with Gasteiger partial charge in [0.2, 0.25) is 0 Å². The lowest BCUT2D eigenvalue weighted by Gasteiger charge is -2.41. The van der Waals surface area contributed by atoms with E-state index in [1.54, 1.807) is 11.9 Å². The highest BCUT2D eigenvalue weighted by Gasteiger charge is 2.35. The lowest BCUT2D eigenvalue weighted by molar-refractivity contribution is 0.0129. The summed E-state index contributed by atoms with van der Waals surface area (Å²) >= 11 is 0. The molecular weight excluding hydrogens is 212 g/mol. The van der Waals surface area contributed by atoms with Crippen molar-refractivity contribution in [3.05, 3.63) is 0 Å². The molecule has 1 aliphatic carbocycles. The summed E-state index contributed by atoms with van der Waals surface area (Å²) in [5.41, 5.74) is -0.151. The summed E-state index contributed by atoms with van der Waals surface area (Å²) in [4.78, 5) is 1.65. The van der Waals surface area contributed by atoms with Crippen LogP contribution in [0.2, 0.25) is 0 Å². The first-order chi connectivity index (χ1) is 7.47. The minimum Gasteiger partial charge on any atom is -0.396 e. The van der Waals surface area contributed by atoms with Crippen molar-refractivity contribution in [2.45, 2.75) is 39.0 Å². The van der Waals surface area contributed by atoms with Crippen LogP contribution in [0.4, 0.5) is 8.78 Å². The van der Waals surface area contributed by atoms with Crippen LogP contribution in [-0.4, -0.2) is 43.2 Å². The fraction of sp³-hybridized carbons (Fsp3) is 1.00. The van der Waals surface area contributed by atoms with Gasteiger partial charge in [0.1, 0.15) is 0 Å². The largest absolute Gasteiger partial charge is 0.396 e. The zero-order valence-electron chi connectivity index (χ0n) is 10.3. The number of hydrogen-bond acceptors (Lipinski definition) is 2. The minimum atomic E-state index is -2.29. The summed E-state index contributed by atoms with van der Waals surface area (Å²) in [5.74, 6) is 0.598. The topological polar surface area (TPSA) is 23.5 Å². The minimum absolute atomic E-state index is 0.116. The maximum absolute atomic E-state index is 12.2. The van der Waals surface area contributed by atoms with Gasteiger partial charge in [0.15, 0.2) is 0 Å². The Morgan fingerprint density at radius 1 is 1.50 bits per heavy atom. The van der Waals surface area contributed by atoms with Crippen LogP contribution in [0.3, 0.4) is 0 Å². The van der Waals surface area contributed by atoms with E-state index in [1.165, 1.54) is 6.42 Å². The summed E-state index contributed by atoms with van der Waals surface area (Å²) in [6, 6.07) is 0. The van der Waals surface area contributed by atoms with Gasteiger partial charge in [-0.2, -0.15) is 0 Å². The van der Waals surface area contributed by atoms with Gasteiger partial charge in [-0.05, 0) is 25.8 Å². The Morgan fingerprint density at radius 2 is 2.19 bits per heavy atom. The summed E-state index contributed by atoms with van der Waals surface area (Å²) in [6.07, 6.45) is 1.92. The first-order valence-corrected chi connectivity index (χ1v) is 6.05. The Kier molecular flexibility index (Phi) is 5.12. The number of aliphatic hydroxyl groups excluding tert-OH is 1. The second kappa shape index (κ2) is 5.92. The highest BCUT2D eigenvalue weighted by Crippen LogP contribution is 2.39. The molecule has 1 saturated carbocycles. The van der Waals surface area contributed by atoms with Gasteiger partial charge < -0.3 is 10.0 Å². The van der Waals surface area contributed by atoms with E-state index in [9.17, 15) is 13.9 Å². The number of nitrogens with zero attached hydrogens (tertiary/aromatic N) is 1.